The summed E-state index contributed by atoms with van der Waals surface area (Å²) in [5, 5.41) is 1.09. The van der Waals surface area contributed by atoms with Crippen molar-refractivity contribution in [2.45, 2.75) is 10.8 Å². The number of anilines is 3. The van der Waals surface area contributed by atoms with Gasteiger partial charge in [0, 0.05) is 22.3 Å². The van der Waals surface area contributed by atoms with Crippen LogP contribution in [0.15, 0.2) is 265 Å². The minimum atomic E-state index is -0.549. The maximum absolute atomic E-state index is 5.71. The molecule has 66 heavy (non-hydrogen) atoms. The Hall–Kier alpha value is -8.46. The summed E-state index contributed by atoms with van der Waals surface area (Å²) < 4.78 is 5.71. The number of fused-ring (bicyclic) bond motifs is 7. The fourth-order valence-electron chi connectivity index (χ4n) is 11.6. The highest BCUT2D eigenvalue weighted by molar-refractivity contribution is 5.98. The molecule has 0 radical (unpaired) electrons. The summed E-state index contributed by atoms with van der Waals surface area (Å²) in [7, 11) is 0. The zero-order valence-corrected chi connectivity index (χ0v) is 36.2. The summed E-state index contributed by atoms with van der Waals surface area (Å²) in [6.07, 6.45) is 1.76. The molecule has 0 unspecified atom stereocenters. The van der Waals surface area contributed by atoms with Crippen LogP contribution in [0.5, 0.6) is 0 Å². The topological polar surface area (TPSA) is 16.4 Å². The molecule has 0 aliphatic heterocycles. The van der Waals surface area contributed by atoms with Crippen molar-refractivity contribution in [3.05, 3.63) is 306 Å². The SMILES string of the molecule is c1ccc(C2(c3ccccc3)c3ccccc3-c3ccc(N(c4ccc(-c5ccc6occc6c5)cc4)c4cccc5c4-c4ccccc4C5(c4ccccc4)c4ccccc4)cc32)cc1. The van der Waals surface area contributed by atoms with Crippen molar-refractivity contribution in [3.8, 4) is 33.4 Å². The first-order chi connectivity index (χ1) is 32.7. The molecule has 0 amide bonds. The van der Waals surface area contributed by atoms with E-state index in [9.17, 15) is 0 Å². The maximum atomic E-state index is 5.71. The van der Waals surface area contributed by atoms with Crippen molar-refractivity contribution in [1.29, 1.82) is 0 Å². The first-order valence-electron chi connectivity index (χ1n) is 22.8. The molecular formula is C64H43NO. The number of nitrogens with zero attached hydrogens (tertiary/aromatic N) is 1. The molecule has 0 fully saturated rings. The van der Waals surface area contributed by atoms with Crippen molar-refractivity contribution in [2.24, 2.45) is 0 Å². The fourth-order valence-corrected chi connectivity index (χ4v) is 11.6. The molecule has 10 aromatic carbocycles. The zero-order chi connectivity index (χ0) is 43.7. The number of hydrogen-bond donors (Lipinski definition) is 0. The first-order valence-corrected chi connectivity index (χ1v) is 22.8. The van der Waals surface area contributed by atoms with Crippen LogP contribution < -0.4 is 4.90 Å². The standard InChI is InChI=1S/C64H43NO/c1-5-18-47(19-6-1)63(48-20-7-2-8-21-48)57-29-16-14-27-55(57)62-58(63)30-17-31-60(62)65(51-35-32-44(33-36-51)45-34-39-61-46(42-45)40-41-66-61)52-37-38-54-53-26-13-15-28-56(53)64(59(54)43-52,49-22-9-3-10-23-49)50-24-11-4-12-25-50/h1-43H. The molecule has 0 atom stereocenters. The van der Waals surface area contributed by atoms with Crippen LogP contribution in [0, 0.1) is 0 Å². The second kappa shape index (κ2) is 15.1. The van der Waals surface area contributed by atoms with Crippen molar-refractivity contribution < 1.29 is 4.42 Å². The molecule has 0 bridgehead atoms. The third-order valence-electron chi connectivity index (χ3n) is 14.3. The minimum Gasteiger partial charge on any atom is -0.464 e. The Labute approximate surface area is 385 Å². The van der Waals surface area contributed by atoms with E-state index in [2.05, 4.69) is 254 Å². The van der Waals surface area contributed by atoms with Gasteiger partial charge in [0.2, 0.25) is 0 Å². The molecule has 0 saturated carbocycles. The molecule has 0 spiro atoms. The third-order valence-corrected chi connectivity index (χ3v) is 14.3. The number of hydrogen-bond acceptors (Lipinski definition) is 2. The van der Waals surface area contributed by atoms with Crippen LogP contribution in [0.3, 0.4) is 0 Å². The molecule has 2 nitrogen and oxygen atoms in total. The van der Waals surface area contributed by atoms with Gasteiger partial charge in [-0.3, -0.25) is 0 Å². The molecule has 2 aliphatic carbocycles. The van der Waals surface area contributed by atoms with E-state index in [0.29, 0.717) is 0 Å². The first kappa shape index (κ1) is 38.0. The van der Waals surface area contributed by atoms with Crippen molar-refractivity contribution in [1.82, 2.24) is 0 Å². The Morgan fingerprint density at radius 2 is 0.803 bits per heavy atom. The summed E-state index contributed by atoms with van der Waals surface area (Å²) in [6.45, 7) is 0. The monoisotopic (exact) mass is 841 g/mol. The van der Waals surface area contributed by atoms with Gasteiger partial charge in [-0.25, -0.2) is 0 Å². The van der Waals surface area contributed by atoms with Gasteiger partial charge >= 0.3 is 0 Å². The second-order valence-electron chi connectivity index (χ2n) is 17.5. The van der Waals surface area contributed by atoms with Crippen LogP contribution in [0.2, 0.25) is 0 Å². The molecule has 1 aromatic heterocycles. The Morgan fingerprint density at radius 1 is 0.318 bits per heavy atom. The van der Waals surface area contributed by atoms with Gasteiger partial charge in [-0.05, 0) is 121 Å². The van der Waals surface area contributed by atoms with E-state index in [1.54, 1.807) is 6.26 Å². The Bertz CT molecular complexity index is 3490. The largest absolute Gasteiger partial charge is 0.464 e. The van der Waals surface area contributed by atoms with E-state index in [4.69, 9.17) is 4.42 Å². The normalized spacial score (nSPS) is 13.7. The highest BCUT2D eigenvalue weighted by atomic mass is 16.3. The minimum absolute atomic E-state index is 0.541. The summed E-state index contributed by atoms with van der Waals surface area (Å²) in [5.41, 5.74) is 20.5. The lowest BCUT2D eigenvalue weighted by atomic mass is 9.67. The van der Waals surface area contributed by atoms with Crippen LogP contribution in [-0.2, 0) is 10.8 Å². The molecule has 0 saturated heterocycles. The summed E-state index contributed by atoms with van der Waals surface area (Å²) in [6, 6.07) is 94.1. The Balaban J connectivity index is 1.09. The number of rotatable bonds is 8. The van der Waals surface area contributed by atoms with Crippen molar-refractivity contribution in [3.63, 3.8) is 0 Å². The quantitative estimate of drug-likeness (QED) is 0.152. The Kier molecular flexibility index (Phi) is 8.69. The van der Waals surface area contributed by atoms with E-state index in [-0.39, 0.29) is 0 Å². The van der Waals surface area contributed by atoms with Gasteiger partial charge in [0.1, 0.15) is 5.58 Å². The van der Waals surface area contributed by atoms with Crippen molar-refractivity contribution >= 4 is 28.0 Å². The smallest absolute Gasteiger partial charge is 0.133 e. The predicted molar refractivity (Wildman–Crippen MR) is 271 cm³/mol. The third kappa shape index (κ3) is 5.49. The molecule has 0 N–H and O–H groups in total. The van der Waals surface area contributed by atoms with Gasteiger partial charge in [0.25, 0.3) is 0 Å². The predicted octanol–water partition coefficient (Wildman–Crippen LogP) is 16.3. The van der Waals surface area contributed by atoms with E-state index < -0.39 is 10.8 Å². The molecule has 11 aromatic rings. The molecule has 13 rings (SSSR count). The molecule has 1 heterocycles. The van der Waals surface area contributed by atoms with Crippen LogP contribution in [-0.4, -0.2) is 0 Å². The zero-order valence-electron chi connectivity index (χ0n) is 36.2. The highest BCUT2D eigenvalue weighted by Crippen LogP contribution is 2.61. The molecular weight excluding hydrogens is 799 g/mol. The van der Waals surface area contributed by atoms with E-state index >= 15 is 0 Å². The van der Waals surface area contributed by atoms with Crippen LogP contribution in [0.25, 0.3) is 44.3 Å². The lowest BCUT2D eigenvalue weighted by Gasteiger charge is -2.35. The average molecular weight is 842 g/mol. The fraction of sp³-hybridized carbons (Fsp3) is 0.0312. The van der Waals surface area contributed by atoms with Gasteiger partial charge in [0.05, 0.1) is 22.8 Å². The van der Waals surface area contributed by atoms with E-state index in [1.807, 2.05) is 6.07 Å². The van der Waals surface area contributed by atoms with Gasteiger partial charge in [-0.1, -0.05) is 206 Å². The summed E-state index contributed by atoms with van der Waals surface area (Å²) in [5.74, 6) is 0. The molecule has 2 aliphatic rings. The van der Waals surface area contributed by atoms with Gasteiger partial charge in [-0.15, -0.1) is 0 Å². The summed E-state index contributed by atoms with van der Waals surface area (Å²) >= 11 is 0. The van der Waals surface area contributed by atoms with Crippen LogP contribution in [0.4, 0.5) is 17.1 Å². The van der Waals surface area contributed by atoms with E-state index in [0.717, 1.165) is 39.2 Å². The average Bonchev–Trinajstić information content (AvgIpc) is 4.08. The number of furan rings is 1. The van der Waals surface area contributed by atoms with E-state index in [1.165, 1.54) is 66.8 Å². The van der Waals surface area contributed by atoms with Crippen LogP contribution >= 0.6 is 0 Å². The van der Waals surface area contributed by atoms with Crippen LogP contribution in [0.1, 0.15) is 44.5 Å². The van der Waals surface area contributed by atoms with Gasteiger partial charge < -0.3 is 9.32 Å². The summed E-state index contributed by atoms with van der Waals surface area (Å²) in [4.78, 5) is 2.51. The molecule has 310 valence electrons. The lowest BCUT2D eigenvalue weighted by Crippen LogP contribution is -2.29. The highest BCUT2D eigenvalue weighted by Gasteiger charge is 2.49. The van der Waals surface area contributed by atoms with Gasteiger partial charge in [-0.2, -0.15) is 0 Å². The number of benzene rings is 10. The van der Waals surface area contributed by atoms with Crippen molar-refractivity contribution in [2.75, 3.05) is 4.90 Å². The second-order valence-corrected chi connectivity index (χ2v) is 17.5. The Morgan fingerprint density at radius 3 is 1.42 bits per heavy atom. The lowest BCUT2D eigenvalue weighted by molar-refractivity contribution is 0.616. The van der Waals surface area contributed by atoms with Gasteiger partial charge in [0.15, 0.2) is 0 Å². The maximum Gasteiger partial charge on any atom is 0.133 e. The molecule has 2 heteroatoms.